The lowest BCUT2D eigenvalue weighted by atomic mass is 9.93. The maximum atomic E-state index is 11.5. The lowest BCUT2D eigenvalue weighted by Gasteiger charge is -2.02. The van der Waals surface area contributed by atoms with Gasteiger partial charge in [-0.25, -0.2) is 9.78 Å². The molecule has 0 radical (unpaired) electrons. The van der Waals surface area contributed by atoms with E-state index in [1.165, 1.54) is 0 Å². The molecule has 0 bridgehead atoms. The number of hydrogen-bond donors (Lipinski definition) is 1. The Balaban J connectivity index is 2.53. The summed E-state index contributed by atoms with van der Waals surface area (Å²) in [5, 5.41) is 0.291. The van der Waals surface area contributed by atoms with Crippen molar-refractivity contribution in [2.24, 2.45) is 0 Å². The topological polar surface area (TPSA) is 52.3 Å². The molecule has 0 aliphatic carbocycles. The Labute approximate surface area is 98.8 Å². The van der Waals surface area contributed by atoms with Gasteiger partial charge in [-0.15, -0.1) is 0 Å². The van der Waals surface area contributed by atoms with Gasteiger partial charge < -0.3 is 9.15 Å². The summed E-state index contributed by atoms with van der Waals surface area (Å²) in [5.41, 5.74) is 2.59. The summed E-state index contributed by atoms with van der Waals surface area (Å²) in [6, 6.07) is 3.36. The second kappa shape index (κ2) is 4.21. The molecule has 16 heavy (non-hydrogen) atoms. The summed E-state index contributed by atoms with van der Waals surface area (Å²) >= 11 is 4.02. The minimum Gasteiger partial charge on any atom is -0.462 e. The van der Waals surface area contributed by atoms with Gasteiger partial charge in [0.05, 0.1) is 12.2 Å². The Morgan fingerprint density at radius 3 is 3.06 bits per heavy atom. The molecule has 82 valence electrons. The van der Waals surface area contributed by atoms with Gasteiger partial charge in [0.25, 0.3) is 5.22 Å². The highest BCUT2D eigenvalue weighted by Gasteiger charge is 2.12. The summed E-state index contributed by atoms with van der Waals surface area (Å²) in [6.07, 6.45) is 0. The lowest BCUT2D eigenvalue weighted by Crippen LogP contribution is -2.10. The smallest absolute Gasteiger partial charge is 0.338 e. The van der Waals surface area contributed by atoms with Crippen LogP contribution in [0.4, 0.5) is 0 Å². The molecule has 0 aliphatic heterocycles. The first-order chi connectivity index (χ1) is 7.61. The van der Waals surface area contributed by atoms with Crippen LogP contribution < -0.4 is 5.46 Å². The van der Waals surface area contributed by atoms with Crippen molar-refractivity contribution in [3.05, 3.63) is 17.7 Å². The molecule has 4 nitrogen and oxygen atoms in total. The SMILES string of the molecule is Bc1cc(C(=O)OCC)cc2nc(S)oc12. The van der Waals surface area contributed by atoms with Crippen LogP contribution in [0.2, 0.25) is 0 Å². The van der Waals surface area contributed by atoms with Crippen LogP contribution in [0, 0.1) is 0 Å². The van der Waals surface area contributed by atoms with Gasteiger partial charge in [-0.1, -0.05) is 18.7 Å². The molecule has 0 saturated heterocycles. The van der Waals surface area contributed by atoms with E-state index in [9.17, 15) is 4.79 Å². The van der Waals surface area contributed by atoms with Gasteiger partial charge in [0, 0.05) is 0 Å². The molecule has 0 N–H and O–H groups in total. The standard InChI is InChI=1S/C10H10BNO3S/c1-2-14-9(13)5-3-6(11)8-7(4-5)12-10(16)15-8/h3-4H,2,11H2,1H3,(H,12,16). The number of oxazole rings is 1. The van der Waals surface area contributed by atoms with E-state index in [1.54, 1.807) is 19.1 Å². The minimum atomic E-state index is -0.351. The Morgan fingerprint density at radius 1 is 1.62 bits per heavy atom. The predicted molar refractivity (Wildman–Crippen MR) is 65.4 cm³/mol. The van der Waals surface area contributed by atoms with Crippen molar-refractivity contribution in [2.75, 3.05) is 6.61 Å². The van der Waals surface area contributed by atoms with E-state index in [2.05, 4.69) is 17.6 Å². The molecule has 2 rings (SSSR count). The Hall–Kier alpha value is -1.43. The number of carbonyl (C=O) groups is 1. The number of aromatic nitrogens is 1. The van der Waals surface area contributed by atoms with Gasteiger partial charge in [-0.2, -0.15) is 0 Å². The van der Waals surface area contributed by atoms with E-state index in [0.717, 1.165) is 5.46 Å². The molecule has 1 aromatic heterocycles. The Kier molecular flexibility index (Phi) is 2.91. The Bertz CT molecular complexity index is 552. The molecular formula is C10H10BNO3S. The average Bonchev–Trinajstić information content (AvgIpc) is 2.59. The van der Waals surface area contributed by atoms with Gasteiger partial charge in [0.2, 0.25) is 0 Å². The van der Waals surface area contributed by atoms with Gasteiger partial charge in [-0.3, -0.25) is 0 Å². The zero-order chi connectivity index (χ0) is 11.7. The first-order valence-electron chi connectivity index (χ1n) is 4.89. The number of thiol groups is 1. The third kappa shape index (κ3) is 1.93. The predicted octanol–water partition coefficient (Wildman–Crippen LogP) is 0.552. The monoisotopic (exact) mass is 235 g/mol. The third-order valence-electron chi connectivity index (χ3n) is 2.18. The third-order valence-corrected chi connectivity index (χ3v) is 2.37. The van der Waals surface area contributed by atoms with Crippen LogP contribution in [0.3, 0.4) is 0 Å². The number of fused-ring (bicyclic) bond motifs is 1. The van der Waals surface area contributed by atoms with Crippen molar-refractivity contribution in [3.63, 3.8) is 0 Å². The van der Waals surface area contributed by atoms with Crippen LogP contribution in [0.1, 0.15) is 17.3 Å². The van der Waals surface area contributed by atoms with Crippen molar-refractivity contribution in [1.29, 1.82) is 0 Å². The molecule has 1 heterocycles. The van der Waals surface area contributed by atoms with E-state index in [1.807, 2.05) is 7.85 Å². The maximum absolute atomic E-state index is 11.5. The van der Waals surface area contributed by atoms with Gasteiger partial charge in [0.1, 0.15) is 18.9 Å². The summed E-state index contributed by atoms with van der Waals surface area (Å²) < 4.78 is 10.2. The fourth-order valence-corrected chi connectivity index (χ4v) is 1.72. The molecule has 0 amide bonds. The van der Waals surface area contributed by atoms with Crippen LogP contribution in [-0.2, 0) is 4.74 Å². The number of carbonyl (C=O) groups excluding carboxylic acids is 1. The van der Waals surface area contributed by atoms with Gasteiger partial charge >= 0.3 is 5.97 Å². The normalized spacial score (nSPS) is 10.6. The van der Waals surface area contributed by atoms with Crippen molar-refractivity contribution in [3.8, 4) is 0 Å². The van der Waals surface area contributed by atoms with Crippen molar-refractivity contribution >= 4 is 43.0 Å². The highest BCUT2D eigenvalue weighted by atomic mass is 32.1. The van der Waals surface area contributed by atoms with Crippen molar-refractivity contribution < 1.29 is 13.9 Å². The largest absolute Gasteiger partial charge is 0.462 e. The van der Waals surface area contributed by atoms with E-state index < -0.39 is 0 Å². The molecule has 0 atom stereocenters. The van der Waals surface area contributed by atoms with Crippen LogP contribution in [0.15, 0.2) is 21.8 Å². The highest BCUT2D eigenvalue weighted by molar-refractivity contribution is 7.80. The van der Waals surface area contributed by atoms with Crippen molar-refractivity contribution in [1.82, 2.24) is 4.98 Å². The number of esters is 1. The first-order valence-corrected chi connectivity index (χ1v) is 5.34. The minimum absolute atomic E-state index is 0.291. The average molecular weight is 235 g/mol. The summed E-state index contributed by atoms with van der Waals surface area (Å²) in [6.45, 7) is 2.12. The lowest BCUT2D eigenvalue weighted by molar-refractivity contribution is 0.0526. The van der Waals surface area contributed by atoms with Gasteiger partial charge in [0.15, 0.2) is 0 Å². The quantitative estimate of drug-likeness (QED) is 0.469. The first kappa shape index (κ1) is 11.1. The molecule has 1 aromatic carbocycles. The molecule has 2 aromatic rings. The van der Waals surface area contributed by atoms with Crippen LogP contribution in [0.5, 0.6) is 0 Å². The molecule has 0 unspecified atom stereocenters. The molecule has 0 saturated carbocycles. The summed E-state index contributed by atoms with van der Waals surface area (Å²) in [5.74, 6) is -0.351. The Morgan fingerprint density at radius 2 is 2.38 bits per heavy atom. The van der Waals surface area contributed by atoms with Crippen LogP contribution >= 0.6 is 12.6 Å². The fraction of sp³-hybridized carbons (Fsp3) is 0.200. The number of rotatable bonds is 2. The van der Waals surface area contributed by atoms with Crippen LogP contribution in [-0.4, -0.2) is 25.4 Å². The van der Waals surface area contributed by atoms with Gasteiger partial charge in [-0.05, 0) is 18.5 Å². The molecule has 6 heteroatoms. The van der Waals surface area contributed by atoms with E-state index in [0.29, 0.717) is 28.5 Å². The van der Waals surface area contributed by atoms with E-state index in [-0.39, 0.29) is 5.97 Å². The zero-order valence-electron chi connectivity index (χ0n) is 8.98. The second-order valence-electron chi connectivity index (χ2n) is 3.36. The maximum Gasteiger partial charge on any atom is 0.338 e. The highest BCUT2D eigenvalue weighted by Crippen LogP contribution is 2.17. The zero-order valence-corrected chi connectivity index (χ0v) is 9.88. The summed E-state index contributed by atoms with van der Waals surface area (Å²) in [7, 11) is 1.85. The molecule has 0 aliphatic rings. The van der Waals surface area contributed by atoms with Crippen LogP contribution in [0.25, 0.3) is 11.1 Å². The summed E-state index contributed by atoms with van der Waals surface area (Å²) in [4.78, 5) is 15.6. The number of nitrogens with zero attached hydrogens (tertiary/aromatic N) is 1. The fourth-order valence-electron chi connectivity index (χ4n) is 1.52. The number of benzene rings is 1. The van der Waals surface area contributed by atoms with E-state index >= 15 is 0 Å². The molecule has 0 fully saturated rings. The number of hydrogen-bond acceptors (Lipinski definition) is 5. The number of ether oxygens (including phenoxy) is 1. The second-order valence-corrected chi connectivity index (χ2v) is 3.74. The van der Waals surface area contributed by atoms with Crippen molar-refractivity contribution in [2.45, 2.75) is 12.1 Å². The molecule has 0 spiro atoms. The molecular weight excluding hydrogens is 225 g/mol. The van der Waals surface area contributed by atoms with E-state index in [4.69, 9.17) is 9.15 Å².